The van der Waals surface area contributed by atoms with E-state index in [9.17, 15) is 4.79 Å². The number of carboxylic acid groups (broad SMARTS) is 1. The van der Waals surface area contributed by atoms with Gasteiger partial charge in [-0.3, -0.25) is 0 Å². The van der Waals surface area contributed by atoms with Crippen LogP contribution in [0.5, 0.6) is 0 Å². The summed E-state index contributed by atoms with van der Waals surface area (Å²) in [6.07, 6.45) is 1.65. The lowest BCUT2D eigenvalue weighted by molar-refractivity contribution is 0.0699. The second kappa shape index (κ2) is 3.35. The van der Waals surface area contributed by atoms with Crippen molar-refractivity contribution in [1.82, 2.24) is 4.57 Å². The molecule has 1 aromatic heterocycles. The Balaban J connectivity index is 2.88. The zero-order valence-corrected chi connectivity index (χ0v) is 9.77. The number of aryl methyl sites for hydroxylation is 2. The molecule has 1 unspecified atom stereocenters. The van der Waals surface area contributed by atoms with Gasteiger partial charge in [-0.25, -0.2) is 4.79 Å². The van der Waals surface area contributed by atoms with Gasteiger partial charge in [0, 0.05) is 24.1 Å². The van der Waals surface area contributed by atoms with Gasteiger partial charge in [0.25, 0.3) is 0 Å². The third-order valence-corrected chi connectivity index (χ3v) is 3.23. The van der Waals surface area contributed by atoms with Crippen LogP contribution >= 0.6 is 9.24 Å². The highest BCUT2D eigenvalue weighted by Gasteiger charge is 2.13. The van der Waals surface area contributed by atoms with Crippen molar-refractivity contribution < 1.29 is 9.90 Å². The molecule has 0 radical (unpaired) electrons. The molecule has 0 spiro atoms. The molecular weight excluding hydrogens is 209 g/mol. The standard InChI is InChI=1S/C11H12NO2P/c1-6-3-7-8(11(13)14)5-12(2)9(7)4-10(6)15/h3-5H,15H2,1-2H3,(H,13,14). The van der Waals surface area contributed by atoms with E-state index in [4.69, 9.17) is 5.11 Å². The van der Waals surface area contributed by atoms with Crippen LogP contribution in [-0.4, -0.2) is 15.6 Å². The predicted octanol–water partition coefficient (Wildman–Crippen LogP) is 1.69. The van der Waals surface area contributed by atoms with E-state index >= 15 is 0 Å². The molecule has 1 atom stereocenters. The van der Waals surface area contributed by atoms with Crippen molar-refractivity contribution in [2.45, 2.75) is 6.92 Å². The maximum atomic E-state index is 11.0. The van der Waals surface area contributed by atoms with E-state index in [0.29, 0.717) is 5.56 Å². The number of rotatable bonds is 1. The molecule has 1 N–H and O–H groups in total. The first-order valence-corrected chi connectivity index (χ1v) is 5.17. The number of nitrogens with zero attached hydrogens (tertiary/aromatic N) is 1. The van der Waals surface area contributed by atoms with Gasteiger partial charge in [-0.1, -0.05) is 0 Å². The monoisotopic (exact) mass is 221 g/mol. The maximum Gasteiger partial charge on any atom is 0.337 e. The number of hydrogen-bond acceptors (Lipinski definition) is 1. The van der Waals surface area contributed by atoms with Crippen molar-refractivity contribution in [3.63, 3.8) is 0 Å². The van der Waals surface area contributed by atoms with E-state index in [0.717, 1.165) is 21.8 Å². The van der Waals surface area contributed by atoms with Crippen LogP contribution in [0.3, 0.4) is 0 Å². The Morgan fingerprint density at radius 1 is 1.47 bits per heavy atom. The van der Waals surface area contributed by atoms with E-state index in [2.05, 4.69) is 9.24 Å². The SMILES string of the molecule is Cc1cc2c(C(=O)O)cn(C)c2cc1P. The fourth-order valence-corrected chi connectivity index (χ4v) is 1.96. The van der Waals surface area contributed by atoms with E-state index < -0.39 is 5.97 Å². The highest BCUT2D eigenvalue weighted by atomic mass is 31.0. The van der Waals surface area contributed by atoms with Gasteiger partial charge in [-0.15, -0.1) is 9.24 Å². The van der Waals surface area contributed by atoms with Gasteiger partial charge in [0.15, 0.2) is 0 Å². The number of aromatic carboxylic acids is 1. The first-order valence-electron chi connectivity index (χ1n) is 4.59. The topological polar surface area (TPSA) is 42.2 Å². The summed E-state index contributed by atoms with van der Waals surface area (Å²) in [5.74, 6) is -0.878. The van der Waals surface area contributed by atoms with Crippen LogP contribution in [0, 0.1) is 6.92 Å². The zero-order chi connectivity index (χ0) is 11.2. The van der Waals surface area contributed by atoms with E-state index in [1.165, 1.54) is 0 Å². The second-order valence-corrected chi connectivity index (χ2v) is 4.31. The molecule has 3 nitrogen and oxygen atoms in total. The Hall–Kier alpha value is -1.34. The van der Waals surface area contributed by atoms with Gasteiger partial charge < -0.3 is 9.67 Å². The molecular formula is C11H12NO2P. The van der Waals surface area contributed by atoms with Gasteiger partial charge in [0.05, 0.1) is 5.56 Å². The molecule has 0 amide bonds. The van der Waals surface area contributed by atoms with E-state index in [1.807, 2.05) is 30.7 Å². The van der Waals surface area contributed by atoms with Crippen molar-refractivity contribution in [1.29, 1.82) is 0 Å². The van der Waals surface area contributed by atoms with E-state index in [1.54, 1.807) is 6.20 Å². The number of fused-ring (bicyclic) bond motifs is 1. The third-order valence-electron chi connectivity index (χ3n) is 2.61. The largest absolute Gasteiger partial charge is 0.478 e. The first-order chi connectivity index (χ1) is 7.00. The van der Waals surface area contributed by atoms with Crippen molar-refractivity contribution in [2.24, 2.45) is 7.05 Å². The average molecular weight is 221 g/mol. The van der Waals surface area contributed by atoms with Gasteiger partial charge in [0.1, 0.15) is 0 Å². The van der Waals surface area contributed by atoms with Gasteiger partial charge >= 0.3 is 5.97 Å². The van der Waals surface area contributed by atoms with Gasteiger partial charge in [-0.2, -0.15) is 0 Å². The third kappa shape index (κ3) is 1.53. The van der Waals surface area contributed by atoms with Crippen LogP contribution < -0.4 is 5.30 Å². The Morgan fingerprint density at radius 3 is 2.73 bits per heavy atom. The number of hydrogen-bond donors (Lipinski definition) is 1. The average Bonchev–Trinajstić information content (AvgIpc) is 2.45. The second-order valence-electron chi connectivity index (χ2n) is 3.68. The summed E-state index contributed by atoms with van der Waals surface area (Å²) in [7, 11) is 4.51. The van der Waals surface area contributed by atoms with Crippen LogP contribution in [0.25, 0.3) is 10.9 Å². The Bertz CT molecular complexity index is 557. The lowest BCUT2D eigenvalue weighted by Gasteiger charge is -2.01. The minimum atomic E-state index is -0.878. The molecule has 0 saturated heterocycles. The zero-order valence-electron chi connectivity index (χ0n) is 8.61. The van der Waals surface area contributed by atoms with Crippen molar-refractivity contribution in [2.75, 3.05) is 0 Å². The molecule has 0 bridgehead atoms. The molecule has 2 aromatic rings. The van der Waals surface area contributed by atoms with Gasteiger partial charge in [0.2, 0.25) is 0 Å². The number of aromatic nitrogens is 1. The summed E-state index contributed by atoms with van der Waals surface area (Å²) in [4.78, 5) is 11.0. The molecule has 15 heavy (non-hydrogen) atoms. The minimum absolute atomic E-state index is 0.362. The number of carboxylic acids is 1. The number of carbonyl (C=O) groups is 1. The highest BCUT2D eigenvalue weighted by Crippen LogP contribution is 2.21. The Morgan fingerprint density at radius 2 is 2.13 bits per heavy atom. The maximum absolute atomic E-state index is 11.0. The molecule has 4 heteroatoms. The van der Waals surface area contributed by atoms with E-state index in [-0.39, 0.29) is 0 Å². The van der Waals surface area contributed by atoms with Crippen LogP contribution in [0.2, 0.25) is 0 Å². The van der Waals surface area contributed by atoms with Gasteiger partial charge in [-0.05, 0) is 29.9 Å². The Kier molecular flexibility index (Phi) is 2.28. The summed E-state index contributed by atoms with van der Waals surface area (Å²) in [6, 6.07) is 3.91. The summed E-state index contributed by atoms with van der Waals surface area (Å²) in [5.41, 5.74) is 2.39. The molecule has 0 saturated carbocycles. The smallest absolute Gasteiger partial charge is 0.337 e. The predicted molar refractivity (Wildman–Crippen MR) is 64.0 cm³/mol. The molecule has 1 heterocycles. The first kappa shape index (κ1) is 10.2. The molecule has 1 aromatic carbocycles. The molecule has 0 aliphatic carbocycles. The van der Waals surface area contributed by atoms with Crippen LogP contribution in [-0.2, 0) is 7.05 Å². The fourth-order valence-electron chi connectivity index (χ4n) is 1.72. The number of benzene rings is 1. The lowest BCUT2D eigenvalue weighted by atomic mass is 10.1. The Labute approximate surface area is 89.9 Å². The van der Waals surface area contributed by atoms with Crippen molar-refractivity contribution in [3.8, 4) is 0 Å². The fraction of sp³-hybridized carbons (Fsp3) is 0.182. The summed E-state index contributed by atoms with van der Waals surface area (Å²) < 4.78 is 1.84. The molecule has 78 valence electrons. The normalized spacial score (nSPS) is 10.9. The molecule has 0 fully saturated rings. The minimum Gasteiger partial charge on any atom is -0.478 e. The summed E-state index contributed by atoms with van der Waals surface area (Å²) in [5, 5.41) is 10.9. The molecule has 0 aliphatic heterocycles. The molecule has 0 aliphatic rings. The summed E-state index contributed by atoms with van der Waals surface area (Å²) in [6.45, 7) is 1.97. The van der Waals surface area contributed by atoms with Crippen molar-refractivity contribution >= 4 is 31.4 Å². The van der Waals surface area contributed by atoms with Crippen LogP contribution in [0.15, 0.2) is 18.3 Å². The van der Waals surface area contributed by atoms with Crippen molar-refractivity contribution in [3.05, 3.63) is 29.5 Å². The summed E-state index contributed by atoms with van der Waals surface area (Å²) >= 11 is 0. The van der Waals surface area contributed by atoms with Crippen LogP contribution in [0.1, 0.15) is 15.9 Å². The molecule has 2 rings (SSSR count). The highest BCUT2D eigenvalue weighted by molar-refractivity contribution is 7.27. The quantitative estimate of drug-likeness (QED) is 0.744. The lowest BCUT2D eigenvalue weighted by Crippen LogP contribution is -1.98. The van der Waals surface area contributed by atoms with Crippen LogP contribution in [0.4, 0.5) is 0 Å².